The van der Waals surface area contributed by atoms with E-state index < -0.39 is 5.91 Å². The van der Waals surface area contributed by atoms with E-state index in [0.29, 0.717) is 18.8 Å². The van der Waals surface area contributed by atoms with Gasteiger partial charge in [-0.25, -0.2) is 0 Å². The normalized spacial score (nSPS) is 9.56. The van der Waals surface area contributed by atoms with E-state index >= 15 is 0 Å². The van der Waals surface area contributed by atoms with Crippen LogP contribution in [0.3, 0.4) is 0 Å². The molecule has 1 aromatic heterocycles. The molecule has 1 aromatic rings. The second kappa shape index (κ2) is 5.64. The Morgan fingerprint density at radius 2 is 2.12 bits per heavy atom. The smallest absolute Gasteiger partial charge is 0.269 e. The molecule has 0 saturated heterocycles. The van der Waals surface area contributed by atoms with Crippen molar-refractivity contribution < 1.29 is 9.59 Å². The Bertz CT molecular complexity index is 376. The Balaban J connectivity index is 2.43. The number of carbonyl (C=O) groups excluding carboxylic acids is 2. The molecular weight excluding hydrogens is 210 g/mol. The molecule has 16 heavy (non-hydrogen) atoms. The first kappa shape index (κ1) is 11.9. The van der Waals surface area contributed by atoms with Crippen molar-refractivity contribution in [2.75, 3.05) is 18.9 Å². The highest BCUT2D eigenvalue weighted by molar-refractivity contribution is 5.90. The first-order chi connectivity index (χ1) is 7.63. The van der Waals surface area contributed by atoms with Gasteiger partial charge in [-0.3, -0.25) is 9.59 Å². The highest BCUT2D eigenvalue weighted by Crippen LogP contribution is 2.01. The molecule has 7 heteroatoms. The number of hydrogen-bond donors (Lipinski definition) is 3. The van der Waals surface area contributed by atoms with Crippen LogP contribution in [-0.4, -0.2) is 35.6 Å². The van der Waals surface area contributed by atoms with Gasteiger partial charge in [-0.15, -0.1) is 10.2 Å². The van der Waals surface area contributed by atoms with E-state index in [-0.39, 0.29) is 11.6 Å². The Morgan fingerprint density at radius 3 is 2.62 bits per heavy atom. The van der Waals surface area contributed by atoms with Gasteiger partial charge in [-0.2, -0.15) is 0 Å². The average Bonchev–Trinajstić information content (AvgIpc) is 2.29. The lowest BCUT2D eigenvalue weighted by Crippen LogP contribution is -2.21. The van der Waals surface area contributed by atoms with Crippen LogP contribution in [0.25, 0.3) is 0 Å². The molecule has 0 atom stereocenters. The van der Waals surface area contributed by atoms with Crippen LogP contribution in [-0.2, 0) is 4.79 Å². The molecule has 0 unspecified atom stereocenters. The maximum Gasteiger partial charge on any atom is 0.269 e. The van der Waals surface area contributed by atoms with E-state index in [4.69, 9.17) is 5.73 Å². The quantitative estimate of drug-likeness (QED) is 0.600. The van der Waals surface area contributed by atoms with Gasteiger partial charge >= 0.3 is 0 Å². The summed E-state index contributed by atoms with van der Waals surface area (Å²) in [6.07, 6.45) is 0.343. The van der Waals surface area contributed by atoms with Crippen LogP contribution in [0.5, 0.6) is 0 Å². The zero-order chi connectivity index (χ0) is 12.0. The summed E-state index contributed by atoms with van der Waals surface area (Å²) in [7, 11) is 1.57. The van der Waals surface area contributed by atoms with E-state index in [9.17, 15) is 9.59 Å². The molecule has 7 nitrogen and oxygen atoms in total. The topological polar surface area (TPSA) is 110 Å². The van der Waals surface area contributed by atoms with Gasteiger partial charge in [-0.05, 0) is 12.1 Å². The van der Waals surface area contributed by atoms with Gasteiger partial charge < -0.3 is 16.4 Å². The van der Waals surface area contributed by atoms with Crippen LogP contribution in [0.1, 0.15) is 16.9 Å². The van der Waals surface area contributed by atoms with Crippen molar-refractivity contribution in [1.82, 2.24) is 15.5 Å². The van der Waals surface area contributed by atoms with Gasteiger partial charge in [0.05, 0.1) is 0 Å². The molecule has 0 radical (unpaired) electrons. The van der Waals surface area contributed by atoms with E-state index in [2.05, 4.69) is 20.8 Å². The summed E-state index contributed by atoms with van der Waals surface area (Å²) in [5.41, 5.74) is 5.12. The minimum atomic E-state index is -0.621. The van der Waals surface area contributed by atoms with E-state index in [1.165, 1.54) is 6.07 Å². The average molecular weight is 223 g/mol. The Kier molecular flexibility index (Phi) is 4.19. The van der Waals surface area contributed by atoms with Gasteiger partial charge in [0, 0.05) is 20.0 Å². The second-order valence-electron chi connectivity index (χ2n) is 3.02. The molecule has 1 rings (SSSR count). The van der Waals surface area contributed by atoms with E-state index in [0.717, 1.165) is 0 Å². The highest BCUT2D eigenvalue weighted by Gasteiger charge is 2.03. The van der Waals surface area contributed by atoms with Crippen molar-refractivity contribution in [2.45, 2.75) is 6.42 Å². The maximum absolute atomic E-state index is 10.9. The van der Waals surface area contributed by atoms with Crippen molar-refractivity contribution >= 4 is 17.6 Å². The number of anilines is 1. The van der Waals surface area contributed by atoms with Crippen LogP contribution in [0.2, 0.25) is 0 Å². The first-order valence-electron chi connectivity index (χ1n) is 4.71. The van der Waals surface area contributed by atoms with Crippen LogP contribution < -0.4 is 16.4 Å². The second-order valence-corrected chi connectivity index (χ2v) is 3.02. The van der Waals surface area contributed by atoms with Crippen molar-refractivity contribution in [2.24, 2.45) is 5.73 Å². The largest absolute Gasteiger partial charge is 0.368 e. The number of aromatic nitrogens is 2. The van der Waals surface area contributed by atoms with Crippen molar-refractivity contribution in [1.29, 1.82) is 0 Å². The number of rotatable bonds is 5. The summed E-state index contributed by atoms with van der Waals surface area (Å²) in [6, 6.07) is 3.05. The minimum absolute atomic E-state index is 0.0609. The summed E-state index contributed by atoms with van der Waals surface area (Å²) in [4.78, 5) is 21.6. The Morgan fingerprint density at radius 1 is 1.38 bits per heavy atom. The van der Waals surface area contributed by atoms with Gasteiger partial charge in [0.25, 0.3) is 5.91 Å². The van der Waals surface area contributed by atoms with E-state index in [1.54, 1.807) is 13.1 Å². The molecule has 4 N–H and O–H groups in total. The first-order valence-corrected chi connectivity index (χ1v) is 4.71. The lowest BCUT2D eigenvalue weighted by atomic mass is 10.3. The maximum atomic E-state index is 10.9. The molecular formula is C9H13N5O2. The molecule has 0 saturated carbocycles. The van der Waals surface area contributed by atoms with Gasteiger partial charge in [0.1, 0.15) is 5.82 Å². The molecule has 0 bridgehead atoms. The summed E-state index contributed by atoms with van der Waals surface area (Å²) >= 11 is 0. The van der Waals surface area contributed by atoms with Gasteiger partial charge in [0.15, 0.2) is 5.69 Å². The molecule has 0 aliphatic rings. The third-order valence-corrected chi connectivity index (χ3v) is 1.85. The van der Waals surface area contributed by atoms with Crippen LogP contribution in [0.4, 0.5) is 5.82 Å². The molecule has 0 spiro atoms. The SMILES string of the molecule is CNC(=O)CCNc1ccc(C(N)=O)nn1. The van der Waals surface area contributed by atoms with Crippen LogP contribution in [0.15, 0.2) is 12.1 Å². The number of carbonyl (C=O) groups is 2. The van der Waals surface area contributed by atoms with E-state index in [1.807, 2.05) is 0 Å². The highest BCUT2D eigenvalue weighted by atomic mass is 16.1. The fourth-order valence-electron chi connectivity index (χ4n) is 0.987. The molecule has 0 aliphatic heterocycles. The third kappa shape index (κ3) is 3.52. The lowest BCUT2D eigenvalue weighted by molar-refractivity contribution is -0.120. The van der Waals surface area contributed by atoms with Crippen molar-refractivity contribution in [3.63, 3.8) is 0 Å². The van der Waals surface area contributed by atoms with Crippen LogP contribution >= 0.6 is 0 Å². The zero-order valence-electron chi connectivity index (χ0n) is 8.86. The molecule has 0 aliphatic carbocycles. The predicted molar refractivity (Wildman–Crippen MR) is 57.7 cm³/mol. The number of primary amides is 1. The number of amides is 2. The van der Waals surface area contributed by atoms with Crippen LogP contribution in [0, 0.1) is 0 Å². The fourth-order valence-corrected chi connectivity index (χ4v) is 0.987. The predicted octanol–water partition coefficient (Wildman–Crippen LogP) is -0.876. The molecule has 0 aromatic carbocycles. The number of nitrogens with two attached hydrogens (primary N) is 1. The molecule has 2 amide bonds. The Labute approximate surface area is 92.4 Å². The zero-order valence-corrected chi connectivity index (χ0v) is 8.86. The molecule has 1 heterocycles. The minimum Gasteiger partial charge on any atom is -0.368 e. The summed E-state index contributed by atoms with van der Waals surface area (Å²) in [5.74, 6) is -0.187. The Hall–Kier alpha value is -2.18. The summed E-state index contributed by atoms with van der Waals surface area (Å²) < 4.78 is 0. The summed E-state index contributed by atoms with van der Waals surface area (Å²) in [5, 5.41) is 12.7. The standard InChI is InChI=1S/C9H13N5O2/c1-11-8(15)4-5-12-7-3-2-6(9(10)16)13-14-7/h2-3H,4-5H2,1H3,(H2,10,16)(H,11,15)(H,12,14). The molecule has 86 valence electrons. The third-order valence-electron chi connectivity index (χ3n) is 1.85. The molecule has 0 fully saturated rings. The number of hydrogen-bond acceptors (Lipinski definition) is 5. The van der Waals surface area contributed by atoms with Crippen molar-refractivity contribution in [3.05, 3.63) is 17.8 Å². The number of nitrogens with zero attached hydrogens (tertiary/aromatic N) is 2. The fraction of sp³-hybridized carbons (Fsp3) is 0.333. The van der Waals surface area contributed by atoms with Crippen molar-refractivity contribution in [3.8, 4) is 0 Å². The van der Waals surface area contributed by atoms with Gasteiger partial charge in [0.2, 0.25) is 5.91 Å². The summed E-state index contributed by atoms with van der Waals surface area (Å²) in [6.45, 7) is 0.449. The lowest BCUT2D eigenvalue weighted by Gasteiger charge is -2.03. The van der Waals surface area contributed by atoms with Gasteiger partial charge in [-0.1, -0.05) is 0 Å². The number of nitrogens with one attached hydrogen (secondary N) is 2. The monoisotopic (exact) mass is 223 g/mol.